The van der Waals surface area contributed by atoms with Gasteiger partial charge in [-0.05, 0) is 61.5 Å². The summed E-state index contributed by atoms with van der Waals surface area (Å²) in [7, 11) is 2.23. The van der Waals surface area contributed by atoms with E-state index in [-0.39, 0.29) is 5.41 Å². The Bertz CT molecular complexity index is 611. The van der Waals surface area contributed by atoms with Crippen LogP contribution >= 0.6 is 0 Å². The quantitative estimate of drug-likeness (QED) is 0.796. The third-order valence-electron chi connectivity index (χ3n) is 6.26. The first kappa shape index (κ1) is 13.3. The molecule has 1 aliphatic heterocycles. The van der Waals surface area contributed by atoms with Gasteiger partial charge in [0.05, 0.1) is 0 Å². The molecule has 3 nitrogen and oxygen atoms in total. The zero-order valence-corrected chi connectivity index (χ0v) is 12.8. The highest BCUT2D eigenvalue weighted by molar-refractivity contribution is 5.82. The maximum atomic E-state index is 12.3. The largest absolute Gasteiger partial charge is 0.508 e. The van der Waals surface area contributed by atoms with Gasteiger partial charge in [-0.3, -0.25) is 4.79 Å². The van der Waals surface area contributed by atoms with Crippen molar-refractivity contribution in [3.05, 3.63) is 29.3 Å². The fourth-order valence-corrected chi connectivity index (χ4v) is 5.51. The molecule has 0 aromatic heterocycles. The highest BCUT2D eigenvalue weighted by Gasteiger charge is 2.57. The fourth-order valence-electron chi connectivity index (χ4n) is 5.51. The van der Waals surface area contributed by atoms with E-state index in [0.717, 1.165) is 25.8 Å². The number of rotatable bonds is 0. The molecule has 2 fully saturated rings. The van der Waals surface area contributed by atoms with Crippen LogP contribution in [0.4, 0.5) is 0 Å². The molecule has 3 aliphatic rings. The first-order chi connectivity index (χ1) is 10.0. The highest BCUT2D eigenvalue weighted by atomic mass is 16.3. The smallest absolute Gasteiger partial charge is 0.134 e. The van der Waals surface area contributed by atoms with Crippen LogP contribution < -0.4 is 0 Å². The Kier molecular flexibility index (Phi) is 2.74. The molecule has 1 aromatic carbocycles. The van der Waals surface area contributed by atoms with Crippen LogP contribution in [-0.4, -0.2) is 35.4 Å². The maximum Gasteiger partial charge on any atom is 0.134 e. The van der Waals surface area contributed by atoms with Crippen molar-refractivity contribution in [3.8, 4) is 5.75 Å². The molecule has 0 amide bonds. The molecule has 1 heterocycles. The van der Waals surface area contributed by atoms with Crippen LogP contribution in [0.2, 0.25) is 0 Å². The van der Waals surface area contributed by atoms with Crippen molar-refractivity contribution in [2.24, 2.45) is 11.8 Å². The Balaban J connectivity index is 1.94. The van der Waals surface area contributed by atoms with Crippen LogP contribution in [0.25, 0.3) is 0 Å². The molecule has 1 saturated heterocycles. The Labute approximate surface area is 126 Å². The number of phenols is 1. The second kappa shape index (κ2) is 4.33. The van der Waals surface area contributed by atoms with Crippen molar-refractivity contribution in [2.45, 2.75) is 44.1 Å². The molecule has 21 heavy (non-hydrogen) atoms. The van der Waals surface area contributed by atoms with Gasteiger partial charge in [-0.2, -0.15) is 0 Å². The summed E-state index contributed by atoms with van der Waals surface area (Å²) >= 11 is 0. The molecule has 0 radical (unpaired) electrons. The second-order valence-electron chi connectivity index (χ2n) is 7.42. The summed E-state index contributed by atoms with van der Waals surface area (Å²) in [5, 5.41) is 9.96. The third kappa shape index (κ3) is 1.73. The number of fused-ring (bicyclic) bond motifs is 1. The van der Waals surface area contributed by atoms with Crippen LogP contribution in [0.5, 0.6) is 5.75 Å². The number of likely N-dealkylation sites (N-methyl/N-ethyl adjacent to an activating group) is 1. The minimum atomic E-state index is -0.0295. The number of phenolic OH excluding ortho intramolecular Hbond substituents is 1. The lowest BCUT2D eigenvalue weighted by atomic mass is 9.49. The fraction of sp³-hybridized carbons (Fsp3) is 0.611. The maximum absolute atomic E-state index is 12.3. The first-order valence-electron chi connectivity index (χ1n) is 8.05. The average Bonchev–Trinajstić information content (AvgIpc) is 2.43. The molecule has 4 atom stereocenters. The number of piperidine rings is 1. The third-order valence-corrected chi connectivity index (χ3v) is 6.26. The topological polar surface area (TPSA) is 40.5 Å². The SMILES string of the molecule is C[C@@H]1CC(=O)C[C@]23CCN(C)[C@H](Cc4ccc(O)cc42)[C@H]13. The predicted octanol–water partition coefficient (Wildman–Crippen LogP) is 2.51. The lowest BCUT2D eigenvalue weighted by Gasteiger charge is -2.60. The van der Waals surface area contributed by atoms with Gasteiger partial charge in [-0.15, -0.1) is 0 Å². The molecular formula is C18H23NO2. The van der Waals surface area contributed by atoms with Gasteiger partial charge in [-0.25, -0.2) is 0 Å². The van der Waals surface area contributed by atoms with Crippen molar-refractivity contribution in [3.63, 3.8) is 0 Å². The zero-order chi connectivity index (χ0) is 14.8. The number of ketones is 1. The van der Waals surface area contributed by atoms with Crippen molar-refractivity contribution < 1.29 is 9.90 Å². The number of hydrogen-bond acceptors (Lipinski definition) is 3. The van der Waals surface area contributed by atoms with E-state index < -0.39 is 0 Å². The lowest BCUT2D eigenvalue weighted by molar-refractivity contribution is -0.130. The van der Waals surface area contributed by atoms with Crippen molar-refractivity contribution in [2.75, 3.05) is 13.6 Å². The Morgan fingerprint density at radius 3 is 2.95 bits per heavy atom. The summed E-state index contributed by atoms with van der Waals surface area (Å²) < 4.78 is 0. The van der Waals surface area contributed by atoms with E-state index in [2.05, 4.69) is 24.9 Å². The number of carbonyl (C=O) groups is 1. The van der Waals surface area contributed by atoms with Gasteiger partial charge in [0.2, 0.25) is 0 Å². The molecule has 1 aromatic rings. The van der Waals surface area contributed by atoms with Crippen molar-refractivity contribution in [1.29, 1.82) is 0 Å². The number of likely N-dealkylation sites (tertiary alicyclic amines) is 1. The van der Waals surface area contributed by atoms with Gasteiger partial charge >= 0.3 is 0 Å². The Morgan fingerprint density at radius 2 is 2.14 bits per heavy atom. The van der Waals surface area contributed by atoms with E-state index in [4.69, 9.17) is 0 Å². The van der Waals surface area contributed by atoms with E-state index in [9.17, 15) is 9.90 Å². The number of aromatic hydroxyl groups is 1. The Morgan fingerprint density at radius 1 is 1.33 bits per heavy atom. The van der Waals surface area contributed by atoms with E-state index >= 15 is 0 Å². The highest BCUT2D eigenvalue weighted by Crippen LogP contribution is 2.56. The van der Waals surface area contributed by atoms with Gasteiger partial charge in [0.25, 0.3) is 0 Å². The predicted molar refractivity (Wildman–Crippen MR) is 81.4 cm³/mol. The van der Waals surface area contributed by atoms with E-state index in [1.807, 2.05) is 6.07 Å². The minimum Gasteiger partial charge on any atom is -0.508 e. The van der Waals surface area contributed by atoms with E-state index in [1.54, 1.807) is 6.07 Å². The lowest BCUT2D eigenvalue weighted by Crippen LogP contribution is -2.63. The number of nitrogens with zero attached hydrogens (tertiary/aromatic N) is 1. The molecule has 2 bridgehead atoms. The van der Waals surface area contributed by atoms with Crippen LogP contribution in [0.3, 0.4) is 0 Å². The second-order valence-corrected chi connectivity index (χ2v) is 7.42. The molecule has 3 heteroatoms. The molecule has 0 spiro atoms. The summed E-state index contributed by atoms with van der Waals surface area (Å²) in [6.45, 7) is 3.30. The summed E-state index contributed by atoms with van der Waals surface area (Å²) in [5.74, 6) is 1.72. The van der Waals surface area contributed by atoms with Gasteiger partial charge < -0.3 is 10.0 Å². The monoisotopic (exact) mass is 285 g/mol. The molecule has 112 valence electrons. The summed E-state index contributed by atoms with van der Waals surface area (Å²) in [6, 6.07) is 6.34. The molecule has 0 unspecified atom stereocenters. The van der Waals surface area contributed by atoms with Crippen LogP contribution in [0.1, 0.15) is 37.3 Å². The minimum absolute atomic E-state index is 0.0295. The number of hydrogen-bond donors (Lipinski definition) is 1. The van der Waals surface area contributed by atoms with Gasteiger partial charge in [0.1, 0.15) is 11.5 Å². The first-order valence-corrected chi connectivity index (χ1v) is 8.05. The zero-order valence-electron chi connectivity index (χ0n) is 12.8. The number of carbonyl (C=O) groups excluding carboxylic acids is 1. The van der Waals surface area contributed by atoms with Crippen LogP contribution in [0, 0.1) is 11.8 Å². The van der Waals surface area contributed by atoms with Crippen molar-refractivity contribution >= 4 is 5.78 Å². The van der Waals surface area contributed by atoms with Crippen LogP contribution in [-0.2, 0) is 16.6 Å². The van der Waals surface area contributed by atoms with Crippen LogP contribution in [0.15, 0.2) is 18.2 Å². The number of benzene rings is 1. The Hall–Kier alpha value is -1.35. The van der Waals surface area contributed by atoms with Crippen molar-refractivity contribution in [1.82, 2.24) is 4.90 Å². The van der Waals surface area contributed by atoms with Gasteiger partial charge in [0, 0.05) is 24.3 Å². The molecule has 4 rings (SSSR count). The van der Waals surface area contributed by atoms with Gasteiger partial charge in [0.15, 0.2) is 0 Å². The van der Waals surface area contributed by atoms with E-state index in [0.29, 0.717) is 35.8 Å². The summed E-state index contributed by atoms with van der Waals surface area (Å²) in [5.41, 5.74) is 2.57. The number of Topliss-reactive ketones (excluding diaryl/α,β-unsaturated/α-hetero) is 1. The standard InChI is InChI=1S/C18H23NO2/c1-11-7-14(21)10-18-5-6-19(2)16(17(11)18)8-12-3-4-13(20)9-15(12)18/h3-4,9,11,16-17,20H,5-8,10H2,1-2H3/t11-,16-,17+,18-/m1/s1. The summed E-state index contributed by atoms with van der Waals surface area (Å²) in [6.07, 6.45) is 3.49. The molecular weight excluding hydrogens is 262 g/mol. The summed E-state index contributed by atoms with van der Waals surface area (Å²) in [4.78, 5) is 14.8. The molecule has 2 aliphatic carbocycles. The van der Waals surface area contributed by atoms with E-state index in [1.165, 1.54) is 11.1 Å². The molecule has 1 saturated carbocycles. The average molecular weight is 285 g/mol. The molecule has 1 N–H and O–H groups in total. The normalized spacial score (nSPS) is 38.8. The van der Waals surface area contributed by atoms with Gasteiger partial charge in [-0.1, -0.05) is 13.0 Å².